The van der Waals surface area contributed by atoms with E-state index in [-0.39, 0.29) is 34.8 Å². The molecule has 8 heteroatoms. The quantitative estimate of drug-likeness (QED) is 0.503. The second kappa shape index (κ2) is 6.50. The first-order chi connectivity index (χ1) is 10.3. The molecule has 0 aromatic heterocycles. The van der Waals surface area contributed by atoms with Crippen LogP contribution in [0.15, 0.2) is 6.07 Å². The average Bonchev–Trinajstić information content (AvgIpc) is 2.58. The number of halogens is 1. The lowest BCUT2D eigenvalue weighted by Gasteiger charge is -2.19. The summed E-state index contributed by atoms with van der Waals surface area (Å²) in [6.07, 6.45) is 0.330. The van der Waals surface area contributed by atoms with E-state index in [1.165, 1.54) is 20.1 Å². The van der Waals surface area contributed by atoms with Crippen molar-refractivity contribution in [3.05, 3.63) is 32.3 Å². The fourth-order valence-corrected chi connectivity index (χ4v) is 3.17. The number of methoxy groups -OCH3 is 1. The Bertz CT molecular complexity index is 620. The molecule has 0 saturated heterocycles. The zero-order valence-corrected chi connectivity index (χ0v) is 13.0. The molecule has 0 bridgehead atoms. The van der Waals surface area contributed by atoms with Gasteiger partial charge in [-0.3, -0.25) is 14.9 Å². The number of fused-ring (bicyclic) bond motifs is 1. The fraction of sp³-hybridized carbons (Fsp3) is 0.500. The van der Waals surface area contributed by atoms with Crippen LogP contribution >= 0.6 is 11.6 Å². The fourth-order valence-electron chi connectivity index (χ4n) is 2.88. The lowest BCUT2D eigenvalue weighted by Crippen LogP contribution is -2.33. The van der Waals surface area contributed by atoms with E-state index in [9.17, 15) is 20.0 Å². The predicted octanol–water partition coefficient (Wildman–Crippen LogP) is 2.13. The van der Waals surface area contributed by atoms with Gasteiger partial charge in [0.15, 0.2) is 0 Å². The van der Waals surface area contributed by atoms with Gasteiger partial charge in [0, 0.05) is 24.6 Å². The molecule has 0 saturated carbocycles. The van der Waals surface area contributed by atoms with Gasteiger partial charge in [0.25, 0.3) is 0 Å². The largest absolute Gasteiger partial charge is 0.490 e. The van der Waals surface area contributed by atoms with Crippen molar-refractivity contribution in [2.24, 2.45) is 0 Å². The third-order valence-electron chi connectivity index (χ3n) is 3.75. The summed E-state index contributed by atoms with van der Waals surface area (Å²) in [6.45, 7) is 1.41. The Kier molecular flexibility index (Phi) is 4.87. The molecule has 2 rings (SSSR count). The maximum Gasteiger partial charge on any atom is 0.312 e. The van der Waals surface area contributed by atoms with Crippen molar-refractivity contribution in [1.29, 1.82) is 0 Å². The number of aliphatic hydroxyl groups is 1. The van der Waals surface area contributed by atoms with E-state index in [1.54, 1.807) is 0 Å². The van der Waals surface area contributed by atoms with Gasteiger partial charge in [0.2, 0.25) is 11.7 Å². The maximum atomic E-state index is 11.2. The molecule has 0 aliphatic heterocycles. The highest BCUT2D eigenvalue weighted by Crippen LogP contribution is 2.44. The standard InChI is InChI=1S/C14H17ClN2O5/c1-7(18)16-8-3-4-9-10(15)6-11(17(20)21)14(22-2)13(9)12(19)5-8/h6,8,12,19H,3-5H2,1-2H3,(H,16,18). The van der Waals surface area contributed by atoms with Crippen LogP contribution in [0.25, 0.3) is 0 Å². The topological polar surface area (TPSA) is 102 Å². The van der Waals surface area contributed by atoms with Crippen molar-refractivity contribution in [3.8, 4) is 5.75 Å². The van der Waals surface area contributed by atoms with Crippen LogP contribution in [0.2, 0.25) is 5.02 Å². The van der Waals surface area contributed by atoms with E-state index < -0.39 is 11.0 Å². The Morgan fingerprint density at radius 2 is 2.27 bits per heavy atom. The number of amides is 1. The Morgan fingerprint density at radius 1 is 1.59 bits per heavy atom. The van der Waals surface area contributed by atoms with Gasteiger partial charge in [-0.05, 0) is 24.8 Å². The van der Waals surface area contributed by atoms with Gasteiger partial charge in [-0.25, -0.2) is 0 Å². The summed E-state index contributed by atoms with van der Waals surface area (Å²) in [5.74, 6) is -0.160. The molecular weight excluding hydrogens is 312 g/mol. The van der Waals surface area contributed by atoms with Crippen LogP contribution in [0, 0.1) is 10.1 Å². The number of aliphatic hydroxyl groups excluding tert-OH is 1. The number of carbonyl (C=O) groups excluding carboxylic acids is 1. The molecule has 2 N–H and O–H groups in total. The lowest BCUT2D eigenvalue weighted by molar-refractivity contribution is -0.385. The molecule has 1 aliphatic rings. The normalized spacial score (nSPS) is 20.7. The summed E-state index contributed by atoms with van der Waals surface area (Å²) >= 11 is 6.15. The number of hydrogen-bond donors (Lipinski definition) is 2. The first kappa shape index (κ1) is 16.5. The zero-order chi connectivity index (χ0) is 16.4. The van der Waals surface area contributed by atoms with Gasteiger partial charge < -0.3 is 15.2 Å². The van der Waals surface area contributed by atoms with Crippen molar-refractivity contribution in [3.63, 3.8) is 0 Å². The molecule has 22 heavy (non-hydrogen) atoms. The third-order valence-corrected chi connectivity index (χ3v) is 4.08. The molecule has 2 unspecified atom stereocenters. The SMILES string of the molecule is COc1c([N+](=O)[O-])cc(Cl)c2c1C(O)CC(NC(C)=O)CC2. The third kappa shape index (κ3) is 3.15. The summed E-state index contributed by atoms with van der Waals surface area (Å²) in [6, 6.07) is 1.02. The zero-order valence-electron chi connectivity index (χ0n) is 12.3. The highest BCUT2D eigenvalue weighted by molar-refractivity contribution is 6.31. The van der Waals surface area contributed by atoms with Crippen LogP contribution in [-0.2, 0) is 11.2 Å². The van der Waals surface area contributed by atoms with Gasteiger partial charge >= 0.3 is 5.69 Å². The Labute approximate surface area is 132 Å². The van der Waals surface area contributed by atoms with Crippen LogP contribution < -0.4 is 10.1 Å². The highest BCUT2D eigenvalue weighted by atomic mass is 35.5. The predicted molar refractivity (Wildman–Crippen MR) is 80.2 cm³/mol. The number of nitro groups is 1. The number of nitrogens with one attached hydrogen (secondary N) is 1. The second-order valence-corrected chi connectivity index (χ2v) is 5.65. The Morgan fingerprint density at radius 3 is 2.82 bits per heavy atom. The molecule has 0 radical (unpaired) electrons. The number of carbonyl (C=O) groups is 1. The van der Waals surface area contributed by atoms with Gasteiger partial charge in [-0.15, -0.1) is 0 Å². The van der Waals surface area contributed by atoms with Crippen molar-refractivity contribution < 1.29 is 19.6 Å². The molecule has 7 nitrogen and oxygen atoms in total. The molecule has 1 aromatic rings. The number of nitro benzene ring substituents is 1. The van der Waals surface area contributed by atoms with Gasteiger partial charge in [0.05, 0.1) is 23.2 Å². The van der Waals surface area contributed by atoms with Crippen molar-refractivity contribution in [2.75, 3.05) is 7.11 Å². The minimum absolute atomic E-state index is 0.0281. The van der Waals surface area contributed by atoms with Crippen molar-refractivity contribution in [1.82, 2.24) is 5.32 Å². The maximum absolute atomic E-state index is 11.2. The minimum Gasteiger partial charge on any atom is -0.490 e. The lowest BCUT2D eigenvalue weighted by atomic mass is 9.98. The smallest absolute Gasteiger partial charge is 0.312 e. The molecule has 0 heterocycles. The number of benzene rings is 1. The van der Waals surface area contributed by atoms with E-state index in [4.69, 9.17) is 16.3 Å². The van der Waals surface area contributed by atoms with E-state index in [0.717, 1.165) is 0 Å². The Hall–Kier alpha value is -1.86. The molecule has 1 aliphatic carbocycles. The summed E-state index contributed by atoms with van der Waals surface area (Å²) in [4.78, 5) is 21.8. The molecule has 1 amide bonds. The van der Waals surface area contributed by atoms with Crippen LogP contribution in [0.3, 0.4) is 0 Å². The summed E-state index contributed by atoms with van der Waals surface area (Å²) < 4.78 is 5.15. The van der Waals surface area contributed by atoms with Crippen LogP contribution in [0.1, 0.15) is 37.0 Å². The van der Waals surface area contributed by atoms with Gasteiger partial charge in [0.1, 0.15) is 0 Å². The molecular formula is C14H17ClN2O5. The first-order valence-electron chi connectivity index (χ1n) is 6.84. The number of hydrogen-bond acceptors (Lipinski definition) is 5. The summed E-state index contributed by atoms with van der Waals surface area (Å²) in [7, 11) is 1.32. The molecule has 0 spiro atoms. The minimum atomic E-state index is -0.998. The first-order valence-corrected chi connectivity index (χ1v) is 7.21. The molecule has 2 atom stereocenters. The van der Waals surface area contributed by atoms with Crippen LogP contribution in [0.5, 0.6) is 5.75 Å². The van der Waals surface area contributed by atoms with E-state index in [1.807, 2.05) is 0 Å². The average molecular weight is 329 g/mol. The molecule has 120 valence electrons. The Balaban J connectivity index is 2.51. The van der Waals surface area contributed by atoms with Crippen molar-refractivity contribution in [2.45, 2.75) is 38.3 Å². The van der Waals surface area contributed by atoms with Crippen molar-refractivity contribution >= 4 is 23.2 Å². The summed E-state index contributed by atoms with van der Waals surface area (Å²) in [5.41, 5.74) is 0.697. The van der Waals surface area contributed by atoms with E-state index in [0.29, 0.717) is 24.0 Å². The molecule has 1 aromatic carbocycles. The monoisotopic (exact) mass is 328 g/mol. The molecule has 0 fully saturated rings. The van der Waals surface area contributed by atoms with E-state index in [2.05, 4.69) is 5.32 Å². The number of rotatable bonds is 3. The second-order valence-electron chi connectivity index (χ2n) is 5.25. The van der Waals surface area contributed by atoms with Gasteiger partial charge in [-0.1, -0.05) is 11.6 Å². The van der Waals surface area contributed by atoms with Gasteiger partial charge in [-0.2, -0.15) is 0 Å². The summed E-state index contributed by atoms with van der Waals surface area (Å²) in [5, 5.41) is 24.6. The van der Waals surface area contributed by atoms with Crippen LogP contribution in [-0.4, -0.2) is 29.1 Å². The van der Waals surface area contributed by atoms with Crippen LogP contribution in [0.4, 0.5) is 5.69 Å². The highest BCUT2D eigenvalue weighted by Gasteiger charge is 2.32. The number of nitrogens with zero attached hydrogens (tertiary/aromatic N) is 1. The number of ether oxygens (including phenoxy) is 1. The van der Waals surface area contributed by atoms with E-state index >= 15 is 0 Å².